The SMILES string of the molecule is C[C@]12CC[C@H](OCCCN)C=C1CCC1C2CC[C@]2(C)C(=O)CCC12. The van der Waals surface area contributed by atoms with Crippen LogP contribution >= 0.6 is 0 Å². The van der Waals surface area contributed by atoms with Gasteiger partial charge in [-0.15, -0.1) is 0 Å². The number of ketones is 1. The lowest BCUT2D eigenvalue weighted by Crippen LogP contribution is -2.50. The molecule has 0 aromatic heterocycles. The summed E-state index contributed by atoms with van der Waals surface area (Å²) in [6.07, 6.45) is 13.0. The van der Waals surface area contributed by atoms with Gasteiger partial charge in [0.05, 0.1) is 6.10 Å². The highest BCUT2D eigenvalue weighted by atomic mass is 16.5. The Hall–Kier alpha value is -0.670. The zero-order valence-corrected chi connectivity index (χ0v) is 16.1. The molecule has 3 unspecified atom stereocenters. The Bertz CT molecular complexity index is 570. The number of allylic oxidation sites excluding steroid dienone is 1. The molecule has 0 bridgehead atoms. The number of ether oxygens (including phenoxy) is 1. The number of nitrogens with two attached hydrogens (primary N) is 1. The first kappa shape index (κ1) is 17.7. The molecule has 0 amide bonds. The number of hydrogen-bond acceptors (Lipinski definition) is 3. The molecule has 3 saturated carbocycles. The number of carbonyl (C=O) groups is 1. The molecule has 0 radical (unpaired) electrons. The van der Waals surface area contributed by atoms with Crippen molar-refractivity contribution >= 4 is 5.78 Å². The third-order valence-electron chi connectivity index (χ3n) is 8.46. The van der Waals surface area contributed by atoms with E-state index in [2.05, 4.69) is 19.9 Å². The molecule has 3 nitrogen and oxygen atoms in total. The highest BCUT2D eigenvalue weighted by molar-refractivity contribution is 5.87. The predicted octanol–water partition coefficient (Wildman–Crippen LogP) is 4.25. The minimum atomic E-state index is 0.00127. The average Bonchev–Trinajstić information content (AvgIpc) is 2.90. The van der Waals surface area contributed by atoms with Gasteiger partial charge in [-0.25, -0.2) is 0 Å². The third-order valence-corrected chi connectivity index (χ3v) is 8.46. The maximum Gasteiger partial charge on any atom is 0.139 e. The van der Waals surface area contributed by atoms with Gasteiger partial charge in [0.1, 0.15) is 5.78 Å². The van der Waals surface area contributed by atoms with Crippen LogP contribution in [0.2, 0.25) is 0 Å². The fraction of sp³-hybridized carbons (Fsp3) is 0.864. The molecule has 25 heavy (non-hydrogen) atoms. The summed E-state index contributed by atoms with van der Waals surface area (Å²) in [5, 5.41) is 0. The second-order valence-corrected chi connectivity index (χ2v) is 9.53. The van der Waals surface area contributed by atoms with Crippen molar-refractivity contribution in [2.75, 3.05) is 13.2 Å². The highest BCUT2D eigenvalue weighted by Gasteiger charge is 2.58. The Labute approximate surface area is 152 Å². The Morgan fingerprint density at radius 1 is 1.08 bits per heavy atom. The molecule has 140 valence electrons. The van der Waals surface area contributed by atoms with Crippen molar-refractivity contribution in [1.82, 2.24) is 0 Å². The standard InChI is InChI=1S/C22H35NO2/c1-21-10-8-16(25-13-3-12-23)14-15(21)4-5-17-18-6-7-20(24)22(18,2)11-9-19(17)21/h14,16-19H,3-13,23H2,1-2H3/t16-,17?,18?,19?,21-,22-/m0/s1. The van der Waals surface area contributed by atoms with Gasteiger partial charge in [0.25, 0.3) is 0 Å². The van der Waals surface area contributed by atoms with Crippen molar-refractivity contribution in [3.63, 3.8) is 0 Å². The van der Waals surface area contributed by atoms with Crippen LogP contribution < -0.4 is 5.73 Å². The summed E-state index contributed by atoms with van der Waals surface area (Å²) in [5.74, 6) is 2.75. The normalized spacial score (nSPS) is 46.2. The fourth-order valence-corrected chi connectivity index (χ4v) is 6.92. The molecular weight excluding hydrogens is 310 g/mol. The lowest BCUT2D eigenvalue weighted by Gasteiger charge is -2.57. The van der Waals surface area contributed by atoms with Crippen LogP contribution in [0.1, 0.15) is 71.6 Å². The van der Waals surface area contributed by atoms with Crippen molar-refractivity contribution in [1.29, 1.82) is 0 Å². The van der Waals surface area contributed by atoms with Crippen LogP contribution in [0.5, 0.6) is 0 Å². The molecule has 4 rings (SSSR count). The van der Waals surface area contributed by atoms with E-state index in [1.54, 1.807) is 5.57 Å². The Morgan fingerprint density at radius 3 is 2.64 bits per heavy atom. The third kappa shape index (κ3) is 2.73. The Morgan fingerprint density at radius 2 is 1.84 bits per heavy atom. The molecule has 0 heterocycles. The van der Waals surface area contributed by atoms with E-state index >= 15 is 0 Å². The highest BCUT2D eigenvalue weighted by Crippen LogP contribution is 2.64. The van der Waals surface area contributed by atoms with Crippen molar-refractivity contribution in [2.24, 2.45) is 34.3 Å². The quantitative estimate of drug-likeness (QED) is 0.612. The van der Waals surface area contributed by atoms with E-state index in [1.165, 1.54) is 25.7 Å². The summed E-state index contributed by atoms with van der Waals surface area (Å²) in [4.78, 5) is 12.5. The van der Waals surface area contributed by atoms with Gasteiger partial charge in [-0.3, -0.25) is 4.79 Å². The number of carbonyl (C=O) groups excluding carboxylic acids is 1. The van der Waals surface area contributed by atoms with E-state index in [9.17, 15) is 4.79 Å². The summed E-state index contributed by atoms with van der Waals surface area (Å²) in [7, 11) is 0. The summed E-state index contributed by atoms with van der Waals surface area (Å²) >= 11 is 0. The molecule has 4 aliphatic carbocycles. The monoisotopic (exact) mass is 345 g/mol. The zero-order valence-electron chi connectivity index (χ0n) is 16.1. The van der Waals surface area contributed by atoms with Crippen molar-refractivity contribution in [3.8, 4) is 0 Å². The van der Waals surface area contributed by atoms with E-state index in [0.29, 0.717) is 29.8 Å². The van der Waals surface area contributed by atoms with Crippen LogP contribution in [0, 0.1) is 28.6 Å². The Kier molecular flexibility index (Phi) is 4.60. The van der Waals surface area contributed by atoms with Crippen LogP contribution in [0.15, 0.2) is 11.6 Å². The fourth-order valence-electron chi connectivity index (χ4n) is 6.92. The van der Waals surface area contributed by atoms with Crippen LogP contribution in [0.4, 0.5) is 0 Å². The average molecular weight is 346 g/mol. The first-order valence-corrected chi connectivity index (χ1v) is 10.5. The first-order valence-electron chi connectivity index (χ1n) is 10.5. The van der Waals surface area contributed by atoms with Crippen molar-refractivity contribution in [2.45, 2.75) is 77.7 Å². The van der Waals surface area contributed by atoms with Gasteiger partial charge >= 0.3 is 0 Å². The molecule has 2 N–H and O–H groups in total. The molecule has 0 aromatic carbocycles. The minimum absolute atomic E-state index is 0.00127. The second-order valence-electron chi connectivity index (χ2n) is 9.53. The summed E-state index contributed by atoms with van der Waals surface area (Å²) in [5.41, 5.74) is 7.60. The molecule has 4 aliphatic rings. The molecule has 6 atom stereocenters. The maximum atomic E-state index is 12.5. The van der Waals surface area contributed by atoms with E-state index in [0.717, 1.165) is 50.5 Å². The lowest BCUT2D eigenvalue weighted by atomic mass is 9.47. The molecule has 3 fully saturated rings. The smallest absolute Gasteiger partial charge is 0.139 e. The first-order chi connectivity index (χ1) is 12.0. The van der Waals surface area contributed by atoms with E-state index < -0.39 is 0 Å². The van der Waals surface area contributed by atoms with Gasteiger partial charge in [-0.05, 0) is 81.1 Å². The number of fused-ring (bicyclic) bond motifs is 5. The Balaban J connectivity index is 1.53. The van der Waals surface area contributed by atoms with Gasteiger partial charge in [-0.1, -0.05) is 25.5 Å². The molecule has 0 spiro atoms. The largest absolute Gasteiger partial charge is 0.374 e. The maximum absolute atomic E-state index is 12.5. The van der Waals surface area contributed by atoms with Gasteiger partial charge in [0.15, 0.2) is 0 Å². The van der Waals surface area contributed by atoms with Crippen LogP contribution in [-0.4, -0.2) is 25.0 Å². The zero-order chi connectivity index (χ0) is 17.7. The van der Waals surface area contributed by atoms with E-state index in [-0.39, 0.29) is 5.41 Å². The second kappa shape index (κ2) is 6.49. The number of Topliss-reactive ketones (excluding diaryl/α,β-unsaturated/α-hetero) is 1. The summed E-state index contributed by atoms with van der Waals surface area (Å²) in [6.45, 7) is 6.30. The molecule has 0 aliphatic heterocycles. The molecule has 0 aromatic rings. The lowest BCUT2D eigenvalue weighted by molar-refractivity contribution is -0.132. The van der Waals surface area contributed by atoms with Gasteiger partial charge in [-0.2, -0.15) is 0 Å². The topological polar surface area (TPSA) is 52.3 Å². The van der Waals surface area contributed by atoms with Crippen molar-refractivity contribution < 1.29 is 9.53 Å². The molecular formula is C22H35NO2. The van der Waals surface area contributed by atoms with Crippen LogP contribution in [0.3, 0.4) is 0 Å². The van der Waals surface area contributed by atoms with Gasteiger partial charge in [0.2, 0.25) is 0 Å². The van der Waals surface area contributed by atoms with E-state index in [4.69, 9.17) is 10.5 Å². The number of rotatable bonds is 4. The van der Waals surface area contributed by atoms with Crippen LogP contribution in [-0.2, 0) is 9.53 Å². The van der Waals surface area contributed by atoms with Gasteiger partial charge < -0.3 is 10.5 Å². The summed E-state index contributed by atoms with van der Waals surface area (Å²) in [6, 6.07) is 0. The minimum Gasteiger partial charge on any atom is -0.374 e. The molecule has 0 saturated heterocycles. The van der Waals surface area contributed by atoms with Gasteiger partial charge in [0, 0.05) is 18.4 Å². The van der Waals surface area contributed by atoms with E-state index in [1.807, 2.05) is 0 Å². The number of hydrogen-bond donors (Lipinski definition) is 1. The van der Waals surface area contributed by atoms with Crippen molar-refractivity contribution in [3.05, 3.63) is 11.6 Å². The summed E-state index contributed by atoms with van der Waals surface area (Å²) < 4.78 is 6.05. The molecule has 3 heteroatoms. The predicted molar refractivity (Wildman–Crippen MR) is 100 cm³/mol. The van der Waals surface area contributed by atoms with Crippen LogP contribution in [0.25, 0.3) is 0 Å².